The maximum atomic E-state index is 12.1. The van der Waals surface area contributed by atoms with Crippen LogP contribution in [0.25, 0.3) is 22.3 Å². The van der Waals surface area contributed by atoms with Gasteiger partial charge in [-0.3, -0.25) is 0 Å². The van der Waals surface area contributed by atoms with E-state index in [2.05, 4.69) is 12.1 Å². The zero-order valence-electron chi connectivity index (χ0n) is 12.8. The van der Waals surface area contributed by atoms with Crippen LogP contribution in [0.3, 0.4) is 0 Å². The highest BCUT2D eigenvalue weighted by molar-refractivity contribution is 7.14. The average molecular weight is 323 g/mol. The van der Waals surface area contributed by atoms with Crippen LogP contribution in [0.15, 0.2) is 60.0 Å². The standard InChI is InChI=1S/C19H17NO2S/c1-2-22-19(21)17-16(12-23-18(17)20)15-10-8-14(9-11-15)13-6-4-3-5-7-13/h3-12H,2,20H2,1H3. The summed E-state index contributed by atoms with van der Waals surface area (Å²) in [6.45, 7) is 2.12. The first-order valence-corrected chi connectivity index (χ1v) is 8.28. The molecular formula is C19H17NO2S. The molecule has 1 heterocycles. The Hall–Kier alpha value is -2.59. The van der Waals surface area contributed by atoms with Gasteiger partial charge in [0, 0.05) is 10.9 Å². The number of carbonyl (C=O) groups is 1. The summed E-state index contributed by atoms with van der Waals surface area (Å²) in [6.07, 6.45) is 0. The van der Waals surface area contributed by atoms with Crippen LogP contribution >= 0.6 is 11.3 Å². The van der Waals surface area contributed by atoms with Gasteiger partial charge < -0.3 is 10.5 Å². The number of hydrogen-bond acceptors (Lipinski definition) is 4. The van der Waals surface area contributed by atoms with Gasteiger partial charge in [-0.2, -0.15) is 0 Å². The molecule has 0 aliphatic heterocycles. The number of nitrogens with two attached hydrogens (primary N) is 1. The number of benzene rings is 2. The van der Waals surface area contributed by atoms with E-state index in [4.69, 9.17) is 10.5 Å². The zero-order chi connectivity index (χ0) is 16.2. The Kier molecular flexibility index (Phi) is 4.44. The van der Waals surface area contributed by atoms with Crippen molar-refractivity contribution in [3.8, 4) is 22.3 Å². The van der Waals surface area contributed by atoms with Crippen molar-refractivity contribution < 1.29 is 9.53 Å². The van der Waals surface area contributed by atoms with E-state index < -0.39 is 0 Å². The molecule has 0 radical (unpaired) electrons. The van der Waals surface area contributed by atoms with Gasteiger partial charge in [-0.15, -0.1) is 11.3 Å². The molecule has 3 nitrogen and oxygen atoms in total. The van der Waals surface area contributed by atoms with E-state index in [0.717, 1.165) is 22.3 Å². The van der Waals surface area contributed by atoms with E-state index in [1.807, 2.05) is 47.8 Å². The Morgan fingerprint density at radius 1 is 1.00 bits per heavy atom. The number of thiophene rings is 1. The minimum atomic E-state index is -0.367. The first kappa shape index (κ1) is 15.3. The van der Waals surface area contributed by atoms with E-state index in [1.165, 1.54) is 11.3 Å². The molecule has 0 saturated carbocycles. The van der Waals surface area contributed by atoms with Crippen molar-refractivity contribution in [1.82, 2.24) is 0 Å². The zero-order valence-corrected chi connectivity index (χ0v) is 13.6. The molecule has 0 amide bonds. The summed E-state index contributed by atoms with van der Waals surface area (Å²) < 4.78 is 5.11. The van der Waals surface area contributed by atoms with Crippen LogP contribution in [-0.2, 0) is 4.74 Å². The number of carbonyl (C=O) groups excluding carboxylic acids is 1. The summed E-state index contributed by atoms with van der Waals surface area (Å²) in [5.74, 6) is -0.367. The second-order valence-corrected chi connectivity index (χ2v) is 5.96. The van der Waals surface area contributed by atoms with Crippen molar-refractivity contribution in [2.24, 2.45) is 0 Å². The number of nitrogen functional groups attached to an aromatic ring is 1. The fourth-order valence-electron chi connectivity index (χ4n) is 2.47. The van der Waals surface area contributed by atoms with Crippen LogP contribution < -0.4 is 5.73 Å². The van der Waals surface area contributed by atoms with Crippen molar-refractivity contribution in [2.45, 2.75) is 6.92 Å². The Morgan fingerprint density at radius 3 is 2.26 bits per heavy atom. The molecule has 0 atom stereocenters. The number of rotatable bonds is 4. The van der Waals surface area contributed by atoms with Gasteiger partial charge in [-0.05, 0) is 23.6 Å². The van der Waals surface area contributed by atoms with Crippen LogP contribution in [0.4, 0.5) is 5.00 Å². The van der Waals surface area contributed by atoms with Gasteiger partial charge in [0.15, 0.2) is 0 Å². The largest absolute Gasteiger partial charge is 0.462 e. The number of esters is 1. The van der Waals surface area contributed by atoms with Gasteiger partial charge >= 0.3 is 5.97 Å². The third kappa shape index (κ3) is 3.12. The molecule has 1 aromatic heterocycles. The minimum Gasteiger partial charge on any atom is -0.462 e. The molecule has 2 aromatic carbocycles. The Morgan fingerprint density at radius 2 is 1.61 bits per heavy atom. The normalized spacial score (nSPS) is 10.5. The molecule has 0 unspecified atom stereocenters. The SMILES string of the molecule is CCOC(=O)c1c(-c2ccc(-c3ccccc3)cc2)csc1N. The Balaban J connectivity index is 1.96. The second-order valence-electron chi connectivity index (χ2n) is 5.05. The molecule has 0 saturated heterocycles. The third-order valence-electron chi connectivity index (χ3n) is 3.60. The van der Waals surface area contributed by atoms with E-state index in [1.54, 1.807) is 6.92 Å². The van der Waals surface area contributed by atoms with Crippen molar-refractivity contribution in [3.63, 3.8) is 0 Å². The summed E-state index contributed by atoms with van der Waals surface area (Å²) >= 11 is 1.36. The smallest absolute Gasteiger partial charge is 0.341 e. The van der Waals surface area contributed by atoms with E-state index >= 15 is 0 Å². The highest BCUT2D eigenvalue weighted by atomic mass is 32.1. The van der Waals surface area contributed by atoms with Gasteiger partial charge in [0.05, 0.1) is 6.61 Å². The van der Waals surface area contributed by atoms with E-state index in [0.29, 0.717) is 17.2 Å². The van der Waals surface area contributed by atoms with Crippen LogP contribution in [0.1, 0.15) is 17.3 Å². The van der Waals surface area contributed by atoms with Crippen LogP contribution in [0.2, 0.25) is 0 Å². The summed E-state index contributed by atoms with van der Waals surface area (Å²) in [6, 6.07) is 18.3. The summed E-state index contributed by atoms with van der Waals surface area (Å²) in [4.78, 5) is 12.1. The van der Waals surface area contributed by atoms with E-state index in [9.17, 15) is 4.79 Å². The average Bonchev–Trinajstić information content (AvgIpc) is 2.98. The Bertz CT molecular complexity index is 807. The molecule has 4 heteroatoms. The monoisotopic (exact) mass is 323 g/mol. The lowest BCUT2D eigenvalue weighted by atomic mass is 9.99. The van der Waals surface area contributed by atoms with Crippen LogP contribution in [-0.4, -0.2) is 12.6 Å². The van der Waals surface area contributed by atoms with Crippen LogP contribution in [0.5, 0.6) is 0 Å². The molecule has 0 bridgehead atoms. The first-order chi connectivity index (χ1) is 11.2. The molecule has 23 heavy (non-hydrogen) atoms. The quantitative estimate of drug-likeness (QED) is 0.699. The maximum Gasteiger partial charge on any atom is 0.341 e. The summed E-state index contributed by atoms with van der Waals surface area (Å²) in [5.41, 5.74) is 10.5. The predicted octanol–water partition coefficient (Wildman–Crippen LogP) is 4.84. The lowest BCUT2D eigenvalue weighted by Gasteiger charge is -2.07. The van der Waals surface area contributed by atoms with Gasteiger partial charge in [-0.25, -0.2) is 4.79 Å². The summed E-state index contributed by atoms with van der Waals surface area (Å²) in [5, 5.41) is 2.39. The van der Waals surface area contributed by atoms with Crippen molar-refractivity contribution in [3.05, 3.63) is 65.5 Å². The van der Waals surface area contributed by atoms with Gasteiger partial charge in [0.1, 0.15) is 10.6 Å². The third-order valence-corrected chi connectivity index (χ3v) is 4.41. The molecule has 3 aromatic rings. The maximum absolute atomic E-state index is 12.1. The molecule has 0 aliphatic rings. The predicted molar refractivity (Wildman–Crippen MR) is 95.6 cm³/mol. The van der Waals surface area contributed by atoms with Crippen molar-refractivity contribution in [2.75, 3.05) is 12.3 Å². The van der Waals surface area contributed by atoms with Gasteiger partial charge in [0.25, 0.3) is 0 Å². The molecule has 116 valence electrons. The minimum absolute atomic E-state index is 0.334. The number of anilines is 1. The van der Waals surface area contributed by atoms with Gasteiger partial charge in [0.2, 0.25) is 0 Å². The molecule has 3 rings (SSSR count). The fourth-order valence-corrected chi connectivity index (χ4v) is 3.28. The lowest BCUT2D eigenvalue weighted by Crippen LogP contribution is -2.07. The lowest BCUT2D eigenvalue weighted by molar-refractivity contribution is 0.0529. The molecule has 0 spiro atoms. The second kappa shape index (κ2) is 6.67. The fraction of sp³-hybridized carbons (Fsp3) is 0.105. The topological polar surface area (TPSA) is 52.3 Å². The van der Waals surface area contributed by atoms with Gasteiger partial charge in [-0.1, -0.05) is 54.6 Å². The first-order valence-electron chi connectivity index (χ1n) is 7.40. The summed E-state index contributed by atoms with van der Waals surface area (Å²) in [7, 11) is 0. The molecule has 0 fully saturated rings. The van der Waals surface area contributed by atoms with Crippen molar-refractivity contribution in [1.29, 1.82) is 0 Å². The highest BCUT2D eigenvalue weighted by Crippen LogP contribution is 2.35. The Labute approximate surface area is 139 Å². The highest BCUT2D eigenvalue weighted by Gasteiger charge is 2.19. The molecule has 0 aliphatic carbocycles. The number of ether oxygens (including phenoxy) is 1. The molecule has 2 N–H and O–H groups in total. The van der Waals surface area contributed by atoms with Crippen LogP contribution in [0, 0.1) is 0 Å². The van der Waals surface area contributed by atoms with E-state index in [-0.39, 0.29) is 5.97 Å². The molecular weight excluding hydrogens is 306 g/mol. The number of hydrogen-bond donors (Lipinski definition) is 1. The van der Waals surface area contributed by atoms with Crippen molar-refractivity contribution >= 4 is 22.3 Å².